The molecule has 0 saturated heterocycles. The summed E-state index contributed by atoms with van der Waals surface area (Å²) in [5.41, 5.74) is 7.66. The Balaban J connectivity index is 2.59. The van der Waals surface area contributed by atoms with Crippen LogP contribution in [0.1, 0.15) is 5.56 Å². The predicted molar refractivity (Wildman–Crippen MR) is 62.0 cm³/mol. The molecule has 0 saturated carbocycles. The van der Waals surface area contributed by atoms with Gasteiger partial charge in [-0.2, -0.15) is 5.10 Å². The van der Waals surface area contributed by atoms with Gasteiger partial charge >= 0.3 is 0 Å². The lowest BCUT2D eigenvalue weighted by Gasteiger charge is -2.04. The normalized spacial score (nSPS) is 12.0. The predicted octanol–water partition coefficient (Wildman–Crippen LogP) is 0.741. The molecule has 0 radical (unpaired) electrons. The molecule has 5 heteroatoms. The van der Waals surface area contributed by atoms with E-state index in [-0.39, 0.29) is 0 Å². The first-order chi connectivity index (χ1) is 7.26. The van der Waals surface area contributed by atoms with Gasteiger partial charge in [0.25, 0.3) is 0 Å². The summed E-state index contributed by atoms with van der Waals surface area (Å²) in [4.78, 5) is 4.13. The molecule has 0 aliphatic heterocycles. The molecule has 5 nitrogen and oxygen atoms in total. The standard InChI is InChI=1S/C10H13N5/c1-12-10(13-2)6-3-4-8-7(5-6)9(11)15-14-8/h3-5H,1-2H3,(H,12,13)(H3,11,14,15). The third-order valence-corrected chi connectivity index (χ3v) is 2.33. The van der Waals surface area contributed by atoms with E-state index in [1.807, 2.05) is 25.2 Å². The fraction of sp³-hybridized carbons (Fsp3) is 0.200. The minimum atomic E-state index is 0.512. The molecule has 0 atom stereocenters. The highest BCUT2D eigenvalue weighted by Gasteiger charge is 2.05. The molecule has 1 heterocycles. The number of benzene rings is 1. The first kappa shape index (κ1) is 9.51. The van der Waals surface area contributed by atoms with E-state index in [0.29, 0.717) is 5.82 Å². The van der Waals surface area contributed by atoms with E-state index in [9.17, 15) is 0 Å². The highest BCUT2D eigenvalue weighted by molar-refractivity contribution is 6.02. The fourth-order valence-corrected chi connectivity index (χ4v) is 1.57. The molecule has 15 heavy (non-hydrogen) atoms. The number of nitrogens with zero attached hydrogens (tertiary/aromatic N) is 2. The van der Waals surface area contributed by atoms with Crippen molar-refractivity contribution < 1.29 is 0 Å². The van der Waals surface area contributed by atoms with Gasteiger partial charge in [0, 0.05) is 25.0 Å². The zero-order chi connectivity index (χ0) is 10.8. The average Bonchev–Trinajstić information content (AvgIpc) is 2.62. The first-order valence-electron chi connectivity index (χ1n) is 4.64. The average molecular weight is 203 g/mol. The summed E-state index contributed by atoms with van der Waals surface area (Å²) in [7, 11) is 3.58. The van der Waals surface area contributed by atoms with Crippen LogP contribution >= 0.6 is 0 Å². The Labute approximate surface area is 87.4 Å². The lowest BCUT2D eigenvalue weighted by Crippen LogP contribution is -2.19. The van der Waals surface area contributed by atoms with Crippen molar-refractivity contribution in [2.45, 2.75) is 0 Å². The molecule has 0 bridgehead atoms. The smallest absolute Gasteiger partial charge is 0.153 e. The number of fused-ring (bicyclic) bond motifs is 1. The Bertz CT molecular complexity index is 512. The molecular weight excluding hydrogens is 190 g/mol. The zero-order valence-electron chi connectivity index (χ0n) is 8.70. The van der Waals surface area contributed by atoms with Crippen LogP contribution in [0.2, 0.25) is 0 Å². The number of hydrogen-bond acceptors (Lipinski definition) is 3. The Morgan fingerprint density at radius 1 is 1.53 bits per heavy atom. The maximum Gasteiger partial charge on any atom is 0.153 e. The number of aliphatic imine (C=N–C) groups is 1. The van der Waals surface area contributed by atoms with Crippen LogP contribution in [0.5, 0.6) is 0 Å². The van der Waals surface area contributed by atoms with Gasteiger partial charge in [0.2, 0.25) is 0 Å². The van der Waals surface area contributed by atoms with Crippen molar-refractivity contribution in [2.24, 2.45) is 4.99 Å². The quantitative estimate of drug-likeness (QED) is 0.472. The van der Waals surface area contributed by atoms with Gasteiger partial charge < -0.3 is 11.1 Å². The van der Waals surface area contributed by atoms with Gasteiger partial charge in [-0.15, -0.1) is 0 Å². The van der Waals surface area contributed by atoms with E-state index < -0.39 is 0 Å². The summed E-state index contributed by atoms with van der Waals surface area (Å²) in [6.45, 7) is 0. The molecule has 4 N–H and O–H groups in total. The third-order valence-electron chi connectivity index (χ3n) is 2.33. The molecule has 0 spiro atoms. The molecule has 78 valence electrons. The number of rotatable bonds is 1. The molecule has 1 aromatic carbocycles. The van der Waals surface area contributed by atoms with Crippen LogP contribution < -0.4 is 11.1 Å². The first-order valence-corrected chi connectivity index (χ1v) is 4.64. The minimum Gasteiger partial charge on any atom is -0.382 e. The Morgan fingerprint density at radius 2 is 2.33 bits per heavy atom. The maximum absolute atomic E-state index is 5.73. The van der Waals surface area contributed by atoms with Crippen molar-refractivity contribution in [3.63, 3.8) is 0 Å². The highest BCUT2D eigenvalue weighted by atomic mass is 15.1. The summed E-state index contributed by atoms with van der Waals surface area (Å²) in [6.07, 6.45) is 0. The van der Waals surface area contributed by atoms with Crippen LogP contribution in [-0.4, -0.2) is 30.1 Å². The SMILES string of the molecule is CN=C(NC)c1ccc2[nH]nc(N)c2c1. The number of H-pyrrole nitrogens is 1. The lowest BCUT2D eigenvalue weighted by molar-refractivity contribution is 1.13. The molecule has 0 fully saturated rings. The summed E-state index contributed by atoms with van der Waals surface area (Å²) in [6, 6.07) is 5.88. The van der Waals surface area contributed by atoms with Gasteiger partial charge in [-0.3, -0.25) is 10.1 Å². The van der Waals surface area contributed by atoms with Gasteiger partial charge in [0.1, 0.15) is 5.84 Å². The highest BCUT2D eigenvalue weighted by Crippen LogP contribution is 2.19. The van der Waals surface area contributed by atoms with E-state index in [4.69, 9.17) is 5.73 Å². The van der Waals surface area contributed by atoms with Crippen molar-refractivity contribution in [1.82, 2.24) is 15.5 Å². The number of hydrogen-bond donors (Lipinski definition) is 3. The van der Waals surface area contributed by atoms with Crippen molar-refractivity contribution in [3.8, 4) is 0 Å². The zero-order valence-corrected chi connectivity index (χ0v) is 8.70. The number of nitrogens with two attached hydrogens (primary N) is 1. The van der Waals surface area contributed by atoms with E-state index >= 15 is 0 Å². The van der Waals surface area contributed by atoms with Crippen LogP contribution in [0.25, 0.3) is 10.9 Å². The van der Waals surface area contributed by atoms with Gasteiger partial charge in [0.05, 0.1) is 5.52 Å². The third kappa shape index (κ3) is 1.52. The second kappa shape index (κ2) is 3.61. The molecule has 0 aliphatic carbocycles. The number of anilines is 1. The van der Waals surface area contributed by atoms with Gasteiger partial charge in [-0.25, -0.2) is 0 Å². The largest absolute Gasteiger partial charge is 0.382 e. The van der Waals surface area contributed by atoms with Crippen LogP contribution in [0.15, 0.2) is 23.2 Å². The van der Waals surface area contributed by atoms with Crippen LogP contribution in [-0.2, 0) is 0 Å². The van der Waals surface area contributed by atoms with Crippen molar-refractivity contribution >= 4 is 22.6 Å². The fourth-order valence-electron chi connectivity index (χ4n) is 1.57. The molecule has 2 aromatic rings. The van der Waals surface area contributed by atoms with Crippen LogP contribution in [0.3, 0.4) is 0 Å². The maximum atomic E-state index is 5.73. The number of amidine groups is 1. The van der Waals surface area contributed by atoms with Gasteiger partial charge in [-0.05, 0) is 18.2 Å². The minimum absolute atomic E-state index is 0.512. The van der Waals surface area contributed by atoms with Crippen molar-refractivity contribution in [2.75, 3.05) is 19.8 Å². The monoisotopic (exact) mass is 203 g/mol. The number of nitrogens with one attached hydrogen (secondary N) is 2. The van der Waals surface area contributed by atoms with Gasteiger partial charge in [0.15, 0.2) is 5.82 Å². The lowest BCUT2D eigenvalue weighted by atomic mass is 10.1. The van der Waals surface area contributed by atoms with Crippen LogP contribution in [0, 0.1) is 0 Å². The topological polar surface area (TPSA) is 79.1 Å². The van der Waals surface area contributed by atoms with Crippen molar-refractivity contribution in [3.05, 3.63) is 23.8 Å². The number of aromatic amines is 1. The second-order valence-corrected chi connectivity index (χ2v) is 3.19. The van der Waals surface area contributed by atoms with Crippen molar-refractivity contribution in [1.29, 1.82) is 0 Å². The molecule has 0 aliphatic rings. The molecule has 1 aromatic heterocycles. The summed E-state index contributed by atoms with van der Waals surface area (Å²) in [5, 5.41) is 10.7. The van der Waals surface area contributed by atoms with Gasteiger partial charge in [-0.1, -0.05) is 0 Å². The summed E-state index contributed by atoms with van der Waals surface area (Å²) in [5.74, 6) is 1.34. The van der Waals surface area contributed by atoms with E-state index in [1.165, 1.54) is 0 Å². The van der Waals surface area contributed by atoms with E-state index in [1.54, 1.807) is 7.05 Å². The Morgan fingerprint density at radius 3 is 3.00 bits per heavy atom. The number of aromatic nitrogens is 2. The number of nitrogen functional groups attached to an aromatic ring is 1. The molecule has 0 amide bonds. The molecule has 0 unspecified atom stereocenters. The Hall–Kier alpha value is -2.04. The summed E-state index contributed by atoms with van der Waals surface area (Å²) >= 11 is 0. The Kier molecular flexibility index (Phi) is 2.29. The molecular formula is C10H13N5. The molecule has 2 rings (SSSR count). The van der Waals surface area contributed by atoms with E-state index in [0.717, 1.165) is 22.3 Å². The van der Waals surface area contributed by atoms with Crippen LogP contribution in [0.4, 0.5) is 5.82 Å². The van der Waals surface area contributed by atoms with E-state index in [2.05, 4.69) is 20.5 Å². The summed E-state index contributed by atoms with van der Waals surface area (Å²) < 4.78 is 0. The second-order valence-electron chi connectivity index (χ2n) is 3.19.